The van der Waals surface area contributed by atoms with Crippen molar-refractivity contribution in [2.45, 2.75) is 348 Å². The quantitative estimate of drug-likeness (QED) is 0.0205. The molecule has 0 aliphatic carbocycles. The Morgan fingerprint density at radius 1 is 0.459 bits per heavy atom. The van der Waals surface area contributed by atoms with Gasteiger partial charge in [-0.1, -0.05) is 303 Å². The van der Waals surface area contributed by atoms with Gasteiger partial charge >= 0.3 is 13.8 Å². The van der Waals surface area contributed by atoms with Crippen LogP contribution in [0.2, 0.25) is 0 Å². The minimum atomic E-state index is -4.44. The molecule has 74 heavy (non-hydrogen) atoms. The van der Waals surface area contributed by atoms with Crippen LogP contribution in [0.15, 0.2) is 12.2 Å². The molecular weight excluding hydrogens is 940 g/mol. The van der Waals surface area contributed by atoms with Crippen molar-refractivity contribution in [3.8, 4) is 0 Å². The number of amides is 1. The number of rotatable bonds is 60. The average molecular weight is 1070 g/mol. The number of hydrogen-bond donors (Lipinski definition) is 2. The molecular formula is C64H128N2O7P+. The summed E-state index contributed by atoms with van der Waals surface area (Å²) in [7, 11) is 1.52. The molecule has 10 heteroatoms. The number of phosphoric ester groups is 1. The Labute approximate surface area is 461 Å². The second-order valence-electron chi connectivity index (χ2n) is 23.7. The zero-order valence-electron chi connectivity index (χ0n) is 50.4. The van der Waals surface area contributed by atoms with E-state index in [1.54, 1.807) is 0 Å². The lowest BCUT2D eigenvalue weighted by atomic mass is 10.0. The lowest BCUT2D eigenvalue weighted by Crippen LogP contribution is -2.47. The van der Waals surface area contributed by atoms with E-state index in [1.807, 2.05) is 33.3 Å². The first kappa shape index (κ1) is 72.8. The molecule has 0 aromatic carbocycles. The second-order valence-corrected chi connectivity index (χ2v) is 25.1. The van der Waals surface area contributed by atoms with Crippen molar-refractivity contribution in [1.82, 2.24) is 5.32 Å². The smallest absolute Gasteiger partial charge is 0.456 e. The number of allylic oxidation sites excluding steroid dienone is 1. The highest BCUT2D eigenvalue weighted by molar-refractivity contribution is 7.47. The van der Waals surface area contributed by atoms with Crippen LogP contribution >= 0.6 is 7.82 Å². The summed E-state index contributed by atoms with van der Waals surface area (Å²) in [4.78, 5) is 37.7. The van der Waals surface area contributed by atoms with Crippen molar-refractivity contribution >= 4 is 19.7 Å². The van der Waals surface area contributed by atoms with Gasteiger partial charge in [0.05, 0.1) is 33.8 Å². The molecule has 9 nitrogen and oxygen atoms in total. The van der Waals surface area contributed by atoms with Gasteiger partial charge in [0.15, 0.2) is 0 Å². The van der Waals surface area contributed by atoms with Crippen LogP contribution in [0.1, 0.15) is 335 Å². The van der Waals surface area contributed by atoms with Gasteiger partial charge in [0.25, 0.3) is 0 Å². The second kappa shape index (κ2) is 55.1. The molecule has 0 saturated heterocycles. The standard InChI is InChI=1S/C64H127N2O7P/c1-7-10-13-16-19-22-25-27-29-30-31-32-33-34-35-36-37-38-41-44-47-50-53-56-63(67)65-61(60-72-74(69,70)71-59-58-66(4,5)6)62(55-52-49-46-43-40-24-21-18-15-12-9-3)73-64(68)57-54-51-48-45-42-39-28-26-23-20-17-14-11-8-2/h52,55,61-62H,7-51,53-54,56-60H2,1-6H3,(H-,65,67,69,70)/p+1/b55-52-. The maximum Gasteiger partial charge on any atom is 0.472 e. The van der Waals surface area contributed by atoms with Crippen molar-refractivity contribution in [2.24, 2.45) is 0 Å². The van der Waals surface area contributed by atoms with Crippen LogP contribution in [0.25, 0.3) is 0 Å². The van der Waals surface area contributed by atoms with E-state index in [2.05, 4.69) is 26.1 Å². The van der Waals surface area contributed by atoms with Crippen LogP contribution in [-0.2, 0) is 27.9 Å². The summed E-state index contributed by atoms with van der Waals surface area (Å²) in [6.07, 6.45) is 63.6. The van der Waals surface area contributed by atoms with Gasteiger partial charge in [-0.25, -0.2) is 4.57 Å². The van der Waals surface area contributed by atoms with Crippen molar-refractivity contribution in [2.75, 3.05) is 40.9 Å². The van der Waals surface area contributed by atoms with E-state index in [1.165, 1.54) is 244 Å². The van der Waals surface area contributed by atoms with Gasteiger partial charge in [-0.05, 0) is 31.8 Å². The van der Waals surface area contributed by atoms with Crippen LogP contribution in [0.3, 0.4) is 0 Å². The number of unbranched alkanes of at least 4 members (excludes halogenated alkanes) is 44. The molecule has 0 saturated carbocycles. The Balaban J connectivity index is 5.04. The molecule has 440 valence electrons. The van der Waals surface area contributed by atoms with E-state index >= 15 is 0 Å². The molecule has 0 aromatic rings. The Bertz CT molecular complexity index is 1270. The van der Waals surface area contributed by atoms with Gasteiger partial charge in [0.2, 0.25) is 5.91 Å². The average Bonchev–Trinajstić information content (AvgIpc) is 3.36. The monoisotopic (exact) mass is 1070 g/mol. The van der Waals surface area contributed by atoms with Crippen LogP contribution in [0.5, 0.6) is 0 Å². The topological polar surface area (TPSA) is 111 Å². The number of nitrogens with zero attached hydrogens (tertiary/aromatic N) is 1. The molecule has 0 aliphatic rings. The van der Waals surface area contributed by atoms with Crippen LogP contribution in [0, 0.1) is 0 Å². The highest BCUT2D eigenvalue weighted by atomic mass is 31.2. The Morgan fingerprint density at radius 2 is 0.770 bits per heavy atom. The number of nitrogens with one attached hydrogen (secondary N) is 1. The Hall–Kier alpha value is -1.25. The number of carbonyl (C=O) groups is 2. The van der Waals surface area contributed by atoms with E-state index in [4.69, 9.17) is 13.8 Å². The van der Waals surface area contributed by atoms with Crippen LogP contribution < -0.4 is 5.32 Å². The van der Waals surface area contributed by atoms with Gasteiger partial charge in [-0.3, -0.25) is 18.6 Å². The first-order valence-electron chi connectivity index (χ1n) is 32.5. The zero-order chi connectivity index (χ0) is 54.3. The third-order valence-electron chi connectivity index (χ3n) is 15.0. The van der Waals surface area contributed by atoms with Crippen molar-refractivity contribution < 1.29 is 37.3 Å². The molecule has 0 spiro atoms. The minimum absolute atomic E-state index is 0.0457. The first-order valence-corrected chi connectivity index (χ1v) is 34.0. The molecule has 0 aliphatic heterocycles. The summed E-state index contributed by atoms with van der Waals surface area (Å²) < 4.78 is 30.7. The molecule has 3 unspecified atom stereocenters. The molecule has 0 radical (unpaired) electrons. The van der Waals surface area contributed by atoms with Crippen LogP contribution in [0.4, 0.5) is 0 Å². The maximum absolute atomic E-state index is 13.5. The highest BCUT2D eigenvalue weighted by Crippen LogP contribution is 2.43. The first-order chi connectivity index (χ1) is 35.9. The summed E-state index contributed by atoms with van der Waals surface area (Å²) in [5.74, 6) is -0.483. The summed E-state index contributed by atoms with van der Waals surface area (Å²) in [6.45, 7) is 7.06. The van der Waals surface area contributed by atoms with Crippen LogP contribution in [-0.4, -0.2) is 74.3 Å². The van der Waals surface area contributed by atoms with Gasteiger partial charge in [-0.2, -0.15) is 0 Å². The molecule has 2 N–H and O–H groups in total. The molecule has 1 amide bonds. The molecule has 0 fully saturated rings. The summed E-state index contributed by atoms with van der Waals surface area (Å²) in [5.41, 5.74) is 0. The van der Waals surface area contributed by atoms with E-state index in [-0.39, 0.29) is 25.1 Å². The Kier molecular flexibility index (Phi) is 54.1. The van der Waals surface area contributed by atoms with Crippen molar-refractivity contribution in [3.05, 3.63) is 12.2 Å². The molecule has 0 bridgehead atoms. The number of esters is 1. The third-order valence-corrected chi connectivity index (χ3v) is 16.0. The predicted molar refractivity (Wildman–Crippen MR) is 319 cm³/mol. The number of carbonyl (C=O) groups excluding carboxylic acids is 2. The highest BCUT2D eigenvalue weighted by Gasteiger charge is 2.30. The molecule has 0 rings (SSSR count). The van der Waals surface area contributed by atoms with E-state index in [0.29, 0.717) is 23.9 Å². The fraction of sp³-hybridized carbons (Fsp3) is 0.938. The summed E-state index contributed by atoms with van der Waals surface area (Å²) >= 11 is 0. The van der Waals surface area contributed by atoms with Gasteiger partial charge in [-0.15, -0.1) is 0 Å². The molecule has 0 aromatic heterocycles. The van der Waals surface area contributed by atoms with Gasteiger partial charge < -0.3 is 19.4 Å². The fourth-order valence-corrected chi connectivity index (χ4v) is 10.7. The SMILES string of the molecule is CCCCCCCCCCC/C=C\C(OC(=O)CCCCCCCCCCCCCCCC)C(COP(=O)(O)OCC[N+](C)(C)C)NC(=O)CCCCCCCCCCCCCCCCCCCCCCCCC. The van der Waals surface area contributed by atoms with E-state index in [0.717, 1.165) is 57.8 Å². The zero-order valence-corrected chi connectivity index (χ0v) is 51.3. The molecule has 3 atom stereocenters. The third kappa shape index (κ3) is 55.5. The number of quaternary nitrogens is 1. The van der Waals surface area contributed by atoms with E-state index < -0.39 is 20.0 Å². The summed E-state index contributed by atoms with van der Waals surface area (Å²) in [6, 6.07) is -0.839. The minimum Gasteiger partial charge on any atom is -0.456 e. The van der Waals surface area contributed by atoms with Gasteiger partial charge in [0.1, 0.15) is 19.3 Å². The molecule has 0 heterocycles. The number of ether oxygens (including phenoxy) is 1. The number of hydrogen-bond acceptors (Lipinski definition) is 6. The number of likely N-dealkylation sites (N-methyl/N-ethyl adjacent to an activating group) is 1. The Morgan fingerprint density at radius 3 is 1.11 bits per heavy atom. The largest absolute Gasteiger partial charge is 0.472 e. The number of phosphoric acid groups is 1. The van der Waals surface area contributed by atoms with Crippen molar-refractivity contribution in [3.63, 3.8) is 0 Å². The summed E-state index contributed by atoms with van der Waals surface area (Å²) in [5, 5.41) is 3.07. The maximum atomic E-state index is 13.5. The predicted octanol–water partition coefficient (Wildman–Crippen LogP) is 20.0. The normalized spacial score (nSPS) is 13.7. The van der Waals surface area contributed by atoms with E-state index in [9.17, 15) is 19.0 Å². The lowest BCUT2D eigenvalue weighted by molar-refractivity contribution is -0.870. The lowest BCUT2D eigenvalue weighted by Gasteiger charge is -2.27. The van der Waals surface area contributed by atoms with Crippen molar-refractivity contribution in [1.29, 1.82) is 0 Å². The fourth-order valence-electron chi connectivity index (χ4n) is 9.94. The van der Waals surface area contributed by atoms with Gasteiger partial charge in [0, 0.05) is 12.8 Å².